The first kappa shape index (κ1) is 14.0. The minimum absolute atomic E-state index is 0.00313. The number of hydrogen-bond acceptors (Lipinski definition) is 1. The number of piperidine rings is 1. The van der Waals surface area contributed by atoms with Gasteiger partial charge in [0.2, 0.25) is 0 Å². The molecule has 1 aliphatic heterocycles. The highest BCUT2D eigenvalue weighted by molar-refractivity contribution is 6.42. The monoisotopic (exact) mass is 305 g/mol. The molecule has 0 aliphatic carbocycles. The van der Waals surface area contributed by atoms with Crippen molar-refractivity contribution in [2.45, 2.75) is 12.8 Å². The Bertz CT molecular complexity index is 450. The number of amides is 1. The normalized spacial score (nSPS) is 19.9. The van der Waals surface area contributed by atoms with Gasteiger partial charge in [-0.2, -0.15) is 0 Å². The maximum atomic E-state index is 12.3. The average Bonchev–Trinajstić information content (AvgIpc) is 2.41. The van der Waals surface area contributed by atoms with Gasteiger partial charge in [0, 0.05) is 24.5 Å². The second-order valence-electron chi connectivity index (χ2n) is 4.54. The van der Waals surface area contributed by atoms with Crippen LogP contribution in [-0.4, -0.2) is 29.8 Å². The largest absolute Gasteiger partial charge is 0.338 e. The van der Waals surface area contributed by atoms with Crippen molar-refractivity contribution in [3.63, 3.8) is 0 Å². The molecule has 1 aromatic rings. The highest BCUT2D eigenvalue weighted by atomic mass is 35.5. The predicted octanol–water partition coefficient (Wildman–Crippen LogP) is 4.08. The maximum absolute atomic E-state index is 12.3. The van der Waals surface area contributed by atoms with E-state index in [2.05, 4.69) is 0 Å². The van der Waals surface area contributed by atoms with E-state index >= 15 is 0 Å². The zero-order valence-electron chi connectivity index (χ0n) is 9.83. The van der Waals surface area contributed by atoms with Crippen LogP contribution in [0.15, 0.2) is 18.2 Å². The van der Waals surface area contributed by atoms with E-state index in [0.717, 1.165) is 25.9 Å². The third-order valence-electron chi connectivity index (χ3n) is 3.19. The van der Waals surface area contributed by atoms with E-state index in [0.29, 0.717) is 27.4 Å². The number of carbonyl (C=O) groups is 1. The summed E-state index contributed by atoms with van der Waals surface area (Å²) in [6.45, 7) is 1.51. The Morgan fingerprint density at radius 1 is 1.33 bits per heavy atom. The Morgan fingerprint density at radius 3 is 2.78 bits per heavy atom. The van der Waals surface area contributed by atoms with Gasteiger partial charge >= 0.3 is 0 Å². The van der Waals surface area contributed by atoms with Gasteiger partial charge in [0.1, 0.15) is 0 Å². The summed E-state index contributed by atoms with van der Waals surface area (Å²) in [5.41, 5.74) is 0.583. The molecular formula is C13H14Cl3NO. The van der Waals surface area contributed by atoms with Crippen LogP contribution in [0, 0.1) is 5.92 Å². The van der Waals surface area contributed by atoms with E-state index in [1.165, 1.54) is 0 Å². The van der Waals surface area contributed by atoms with Crippen LogP contribution >= 0.6 is 34.8 Å². The maximum Gasteiger partial charge on any atom is 0.253 e. The molecule has 1 atom stereocenters. The van der Waals surface area contributed by atoms with Gasteiger partial charge in [-0.15, -0.1) is 11.6 Å². The molecule has 0 spiro atoms. The van der Waals surface area contributed by atoms with Crippen molar-refractivity contribution in [3.8, 4) is 0 Å². The van der Waals surface area contributed by atoms with E-state index in [9.17, 15) is 4.79 Å². The highest BCUT2D eigenvalue weighted by Crippen LogP contribution is 2.25. The molecule has 1 saturated heterocycles. The molecule has 1 fully saturated rings. The fraction of sp³-hybridized carbons (Fsp3) is 0.462. The van der Waals surface area contributed by atoms with Gasteiger partial charge in [-0.05, 0) is 37.0 Å². The zero-order chi connectivity index (χ0) is 13.1. The van der Waals surface area contributed by atoms with Crippen LogP contribution in [0.2, 0.25) is 10.0 Å². The molecule has 1 aliphatic rings. The molecule has 1 heterocycles. The molecule has 1 aromatic carbocycles. The molecule has 0 saturated carbocycles. The van der Waals surface area contributed by atoms with Crippen LogP contribution in [0.4, 0.5) is 0 Å². The van der Waals surface area contributed by atoms with Gasteiger partial charge in [0.15, 0.2) is 0 Å². The van der Waals surface area contributed by atoms with E-state index in [-0.39, 0.29) is 5.91 Å². The molecular weight excluding hydrogens is 293 g/mol. The lowest BCUT2D eigenvalue weighted by Crippen LogP contribution is -2.40. The zero-order valence-corrected chi connectivity index (χ0v) is 12.1. The summed E-state index contributed by atoms with van der Waals surface area (Å²) in [5.74, 6) is 1.00. The molecule has 2 nitrogen and oxygen atoms in total. The second-order valence-corrected chi connectivity index (χ2v) is 5.67. The Morgan fingerprint density at radius 2 is 2.11 bits per heavy atom. The minimum atomic E-state index is 0.00313. The molecule has 1 unspecified atom stereocenters. The van der Waals surface area contributed by atoms with Crippen molar-refractivity contribution in [1.82, 2.24) is 4.90 Å². The first-order valence-electron chi connectivity index (χ1n) is 5.92. The quantitative estimate of drug-likeness (QED) is 0.754. The SMILES string of the molecule is O=C(c1ccc(Cl)c(Cl)c1)N1CCCC(CCl)C1. The molecule has 1 amide bonds. The van der Waals surface area contributed by atoms with Gasteiger partial charge in [0.25, 0.3) is 5.91 Å². The van der Waals surface area contributed by atoms with Crippen LogP contribution < -0.4 is 0 Å². The van der Waals surface area contributed by atoms with Crippen molar-refractivity contribution in [2.75, 3.05) is 19.0 Å². The van der Waals surface area contributed by atoms with E-state index in [1.54, 1.807) is 18.2 Å². The number of hydrogen-bond donors (Lipinski definition) is 0. The molecule has 18 heavy (non-hydrogen) atoms. The number of benzene rings is 1. The number of likely N-dealkylation sites (tertiary alicyclic amines) is 1. The number of rotatable bonds is 2. The third kappa shape index (κ3) is 3.11. The molecule has 0 radical (unpaired) electrons. The van der Waals surface area contributed by atoms with Crippen LogP contribution in [-0.2, 0) is 0 Å². The van der Waals surface area contributed by atoms with Crippen molar-refractivity contribution < 1.29 is 4.79 Å². The summed E-state index contributed by atoms with van der Waals surface area (Å²) < 4.78 is 0. The predicted molar refractivity (Wildman–Crippen MR) is 75.8 cm³/mol. The average molecular weight is 307 g/mol. The lowest BCUT2D eigenvalue weighted by Gasteiger charge is -2.31. The second kappa shape index (κ2) is 6.14. The molecule has 0 bridgehead atoms. The van der Waals surface area contributed by atoms with Gasteiger partial charge < -0.3 is 4.90 Å². The standard InChI is InChI=1S/C13H14Cl3NO/c14-7-9-2-1-5-17(8-9)13(18)10-3-4-11(15)12(16)6-10/h3-4,6,9H,1-2,5,7-8H2. The first-order valence-corrected chi connectivity index (χ1v) is 7.21. The fourth-order valence-electron chi connectivity index (χ4n) is 2.19. The van der Waals surface area contributed by atoms with Crippen molar-refractivity contribution in [3.05, 3.63) is 33.8 Å². The Balaban J connectivity index is 2.12. The number of nitrogens with zero attached hydrogens (tertiary/aromatic N) is 1. The lowest BCUT2D eigenvalue weighted by atomic mass is 9.99. The summed E-state index contributed by atoms with van der Waals surface area (Å²) in [4.78, 5) is 14.1. The summed E-state index contributed by atoms with van der Waals surface area (Å²) in [7, 11) is 0. The number of halogens is 3. The van der Waals surface area contributed by atoms with Crippen molar-refractivity contribution in [1.29, 1.82) is 0 Å². The van der Waals surface area contributed by atoms with Gasteiger partial charge in [-0.3, -0.25) is 4.79 Å². The lowest BCUT2D eigenvalue weighted by molar-refractivity contribution is 0.0685. The highest BCUT2D eigenvalue weighted by Gasteiger charge is 2.24. The summed E-state index contributed by atoms with van der Waals surface area (Å²) >= 11 is 17.6. The molecule has 5 heteroatoms. The Labute approximate surface area is 122 Å². The third-order valence-corrected chi connectivity index (χ3v) is 4.37. The van der Waals surface area contributed by atoms with Crippen LogP contribution in [0.1, 0.15) is 23.2 Å². The van der Waals surface area contributed by atoms with Crippen LogP contribution in [0.3, 0.4) is 0 Å². The molecule has 2 rings (SSSR count). The van der Waals surface area contributed by atoms with Crippen molar-refractivity contribution >= 4 is 40.7 Å². The van der Waals surface area contributed by atoms with Crippen LogP contribution in [0.25, 0.3) is 0 Å². The van der Waals surface area contributed by atoms with Crippen molar-refractivity contribution in [2.24, 2.45) is 5.92 Å². The van der Waals surface area contributed by atoms with E-state index in [4.69, 9.17) is 34.8 Å². The van der Waals surface area contributed by atoms with Crippen LogP contribution in [0.5, 0.6) is 0 Å². The summed E-state index contributed by atoms with van der Waals surface area (Å²) in [6.07, 6.45) is 2.10. The first-order chi connectivity index (χ1) is 8.61. The fourth-order valence-corrected chi connectivity index (χ4v) is 2.74. The minimum Gasteiger partial charge on any atom is -0.338 e. The molecule has 0 aromatic heterocycles. The van der Waals surface area contributed by atoms with Gasteiger partial charge in [-0.25, -0.2) is 0 Å². The number of carbonyl (C=O) groups excluding carboxylic acids is 1. The van der Waals surface area contributed by atoms with E-state index in [1.807, 2.05) is 4.90 Å². The number of alkyl halides is 1. The summed E-state index contributed by atoms with van der Waals surface area (Å²) in [6, 6.07) is 4.98. The Kier molecular flexibility index (Phi) is 4.77. The Hall–Kier alpha value is -0.440. The van der Waals surface area contributed by atoms with E-state index < -0.39 is 0 Å². The van der Waals surface area contributed by atoms with Gasteiger partial charge in [0.05, 0.1) is 10.0 Å². The van der Waals surface area contributed by atoms with Gasteiger partial charge in [-0.1, -0.05) is 23.2 Å². The molecule has 0 N–H and O–H groups in total. The molecule has 98 valence electrons. The summed E-state index contributed by atoms with van der Waals surface area (Å²) in [5, 5.41) is 0.874. The smallest absolute Gasteiger partial charge is 0.253 e. The topological polar surface area (TPSA) is 20.3 Å².